The van der Waals surface area contributed by atoms with E-state index in [1.165, 1.54) is 24.3 Å². The van der Waals surface area contributed by atoms with E-state index in [4.69, 9.17) is 5.53 Å². The highest BCUT2D eigenvalue weighted by Gasteiger charge is 2.70. The van der Waals surface area contributed by atoms with Gasteiger partial charge in [0.15, 0.2) is 0 Å². The van der Waals surface area contributed by atoms with Gasteiger partial charge in [0.1, 0.15) is 0 Å². The van der Waals surface area contributed by atoms with Crippen LogP contribution < -0.4 is 5.32 Å². The lowest BCUT2D eigenvalue weighted by Crippen LogP contribution is -2.55. The molecule has 1 saturated heterocycles. The molecule has 1 aromatic carbocycles. The third-order valence-electron chi connectivity index (χ3n) is 2.88. The van der Waals surface area contributed by atoms with Crippen molar-refractivity contribution in [2.24, 2.45) is 5.11 Å². The van der Waals surface area contributed by atoms with Crippen LogP contribution in [0, 0.1) is 10.1 Å². The molecule has 0 radical (unpaired) electrons. The zero-order valence-electron chi connectivity index (χ0n) is 10.7. The van der Waals surface area contributed by atoms with E-state index in [1.54, 1.807) is 11.4 Å². The molecule has 2 unspecified atom stereocenters. The first kappa shape index (κ1) is 14.9. The second-order valence-electron chi connectivity index (χ2n) is 4.13. The molecule has 1 aliphatic heterocycles. The number of rotatable bonds is 4. The highest BCUT2D eigenvalue weighted by Crippen LogP contribution is 2.27. The van der Waals surface area contributed by atoms with Crippen LogP contribution in [0.1, 0.15) is 10.4 Å². The summed E-state index contributed by atoms with van der Waals surface area (Å²) in [6, 6.07) is 5.00. The predicted molar refractivity (Wildman–Crippen MR) is 67.7 cm³/mol. The lowest BCUT2D eigenvalue weighted by atomic mass is 10.1. The molecule has 11 heteroatoms. The molecule has 2 atom stereocenters. The van der Waals surface area contributed by atoms with E-state index in [-0.39, 0.29) is 5.56 Å². The van der Waals surface area contributed by atoms with Gasteiger partial charge < -0.3 is 4.74 Å². The van der Waals surface area contributed by atoms with Crippen LogP contribution in [0.4, 0.5) is 0 Å². The Morgan fingerprint density at radius 1 is 1.41 bits per heavy atom. The van der Waals surface area contributed by atoms with Crippen molar-refractivity contribution in [3.63, 3.8) is 0 Å². The van der Waals surface area contributed by atoms with Gasteiger partial charge in [-0.1, -0.05) is 23.3 Å². The molecular formula is C11H7N5O6. The molecule has 1 aromatic rings. The van der Waals surface area contributed by atoms with Crippen LogP contribution in [0.25, 0.3) is 10.4 Å². The smallest absolute Gasteiger partial charge is 0.384 e. The van der Waals surface area contributed by atoms with Crippen LogP contribution in [0.15, 0.2) is 35.4 Å². The van der Waals surface area contributed by atoms with Crippen molar-refractivity contribution < 1.29 is 24.0 Å². The van der Waals surface area contributed by atoms with Gasteiger partial charge in [-0.25, -0.2) is 4.79 Å². The minimum absolute atomic E-state index is 0.0736. The molecule has 112 valence electrons. The van der Waals surface area contributed by atoms with Crippen LogP contribution in [-0.4, -0.2) is 34.5 Å². The molecule has 0 aliphatic carbocycles. The third-order valence-corrected chi connectivity index (χ3v) is 2.88. The fraction of sp³-hybridized carbons (Fsp3) is 0.182. The second kappa shape index (κ2) is 5.50. The first-order valence-electron chi connectivity index (χ1n) is 5.76. The van der Waals surface area contributed by atoms with Crippen molar-refractivity contribution in [1.82, 2.24) is 5.32 Å². The predicted octanol–water partition coefficient (Wildman–Crippen LogP) is 0.152. The van der Waals surface area contributed by atoms with E-state index in [0.29, 0.717) is 0 Å². The summed E-state index contributed by atoms with van der Waals surface area (Å²) < 4.78 is 4.66. The Labute approximate surface area is 121 Å². The van der Waals surface area contributed by atoms with Crippen LogP contribution in [-0.2, 0) is 14.3 Å². The average molecular weight is 305 g/mol. The van der Waals surface area contributed by atoms with Gasteiger partial charge in [0.05, 0.1) is 10.5 Å². The van der Waals surface area contributed by atoms with Gasteiger partial charge in [0.25, 0.3) is 0 Å². The minimum atomic E-state index is -3.13. The fourth-order valence-electron chi connectivity index (χ4n) is 1.85. The van der Waals surface area contributed by atoms with Crippen LogP contribution in [0.2, 0.25) is 0 Å². The zero-order valence-corrected chi connectivity index (χ0v) is 10.7. The van der Waals surface area contributed by atoms with E-state index in [9.17, 15) is 24.5 Å². The maximum atomic E-state index is 12.0. The van der Waals surface area contributed by atoms with E-state index >= 15 is 0 Å². The van der Waals surface area contributed by atoms with Gasteiger partial charge in [0.2, 0.25) is 11.9 Å². The van der Waals surface area contributed by atoms with Crippen molar-refractivity contribution in [2.45, 2.75) is 11.8 Å². The first-order valence-corrected chi connectivity index (χ1v) is 5.76. The Kier molecular flexibility index (Phi) is 3.73. The van der Waals surface area contributed by atoms with Crippen LogP contribution in [0.5, 0.6) is 0 Å². The summed E-state index contributed by atoms with van der Waals surface area (Å²) >= 11 is 0. The first-order chi connectivity index (χ1) is 10.4. The highest BCUT2D eigenvalue weighted by molar-refractivity contribution is 6.11. The van der Waals surface area contributed by atoms with E-state index < -0.39 is 34.5 Å². The van der Waals surface area contributed by atoms with Gasteiger partial charge in [-0.05, 0) is 17.7 Å². The number of carbonyl (C=O) groups excluding carboxylic acids is 3. The monoisotopic (exact) mass is 305 g/mol. The van der Waals surface area contributed by atoms with Crippen molar-refractivity contribution in [3.8, 4) is 0 Å². The summed E-state index contributed by atoms with van der Waals surface area (Å²) in [5.41, 5.74) is 5.20. The maximum absolute atomic E-state index is 12.0. The minimum Gasteiger partial charge on any atom is -0.384 e. The quantitative estimate of drug-likeness (QED) is 0.121. The largest absolute Gasteiger partial charge is 0.462 e. The Hall–Kier alpha value is -3.46. The molecular weight excluding hydrogens is 298 g/mol. The number of nitrogens with one attached hydrogen (secondary N) is 1. The van der Waals surface area contributed by atoms with Gasteiger partial charge in [-0.2, -0.15) is 0 Å². The third kappa shape index (κ3) is 2.21. The van der Waals surface area contributed by atoms with Crippen molar-refractivity contribution >= 4 is 17.8 Å². The van der Waals surface area contributed by atoms with E-state index in [0.717, 1.165) is 0 Å². The normalized spacial score (nSPS) is 23.4. The molecule has 1 heterocycles. The zero-order chi connectivity index (χ0) is 16.3. The van der Waals surface area contributed by atoms with Gasteiger partial charge in [0, 0.05) is 4.91 Å². The summed E-state index contributed by atoms with van der Waals surface area (Å²) in [7, 11) is 0. The lowest BCUT2D eigenvalue weighted by molar-refractivity contribution is -0.599. The number of nitrogens with zero attached hydrogens (tertiary/aromatic N) is 4. The number of hydrogen-bond donors (Lipinski definition) is 1. The van der Waals surface area contributed by atoms with E-state index in [1.807, 2.05) is 0 Å². The Bertz CT molecular complexity index is 713. The molecule has 0 aromatic heterocycles. The average Bonchev–Trinajstić information content (AvgIpc) is 2.73. The number of carbonyl (C=O) groups is 3. The fourth-order valence-corrected chi connectivity index (χ4v) is 1.85. The molecule has 1 fully saturated rings. The molecule has 2 rings (SSSR count). The summed E-state index contributed by atoms with van der Waals surface area (Å²) in [5.74, 6) is -3.91. The number of amides is 2. The Morgan fingerprint density at radius 2 is 2.05 bits per heavy atom. The van der Waals surface area contributed by atoms with Gasteiger partial charge in [-0.15, -0.1) is 0 Å². The topological polar surface area (TPSA) is 164 Å². The Balaban J connectivity index is 2.46. The number of hydrogen-bond acceptors (Lipinski definition) is 7. The number of imide groups is 1. The standard InChI is InChI=1S/C11H7N5O6/c12-15-14-7-8(17)13-10(19)11(7,16(20)21)22-9(18)6-4-2-1-3-5-6/h1-5,7H,(H,13,17,19). The van der Waals surface area contributed by atoms with Gasteiger partial charge >= 0.3 is 17.6 Å². The van der Waals surface area contributed by atoms with Crippen molar-refractivity contribution in [1.29, 1.82) is 0 Å². The van der Waals surface area contributed by atoms with Crippen LogP contribution >= 0.6 is 0 Å². The SMILES string of the molecule is [N-]=[N+]=NC1C(=O)NC(=O)C1(OC(=O)c1ccccc1)[N+](=O)[O-]. The molecule has 0 saturated carbocycles. The number of ether oxygens (including phenoxy) is 1. The molecule has 11 nitrogen and oxygen atoms in total. The molecule has 2 amide bonds. The summed E-state index contributed by atoms with van der Waals surface area (Å²) in [5, 5.41) is 15.8. The van der Waals surface area contributed by atoms with Crippen molar-refractivity contribution in [2.75, 3.05) is 0 Å². The molecule has 0 spiro atoms. The Morgan fingerprint density at radius 3 is 2.59 bits per heavy atom. The molecule has 22 heavy (non-hydrogen) atoms. The molecule has 1 N–H and O–H groups in total. The number of benzene rings is 1. The number of nitro groups is 1. The maximum Gasteiger partial charge on any atom is 0.462 e. The second-order valence-corrected chi connectivity index (χ2v) is 4.13. The summed E-state index contributed by atoms with van der Waals surface area (Å²) in [6.07, 6.45) is 0. The van der Waals surface area contributed by atoms with Gasteiger partial charge in [-0.3, -0.25) is 25.0 Å². The number of azide groups is 1. The lowest BCUT2D eigenvalue weighted by Gasteiger charge is -2.19. The highest BCUT2D eigenvalue weighted by atomic mass is 16.7. The van der Waals surface area contributed by atoms with E-state index in [2.05, 4.69) is 14.8 Å². The van der Waals surface area contributed by atoms with Crippen LogP contribution in [0.3, 0.4) is 0 Å². The summed E-state index contributed by atoms with van der Waals surface area (Å²) in [4.78, 5) is 47.5. The molecule has 1 aliphatic rings. The van der Waals surface area contributed by atoms with Crippen molar-refractivity contribution in [3.05, 3.63) is 56.5 Å². The summed E-state index contributed by atoms with van der Waals surface area (Å²) in [6.45, 7) is 0. The molecule has 0 bridgehead atoms. The number of esters is 1.